The van der Waals surface area contributed by atoms with Crippen LogP contribution in [0.15, 0.2) is 21.0 Å². The number of aliphatic hydroxyl groups excluding tert-OH is 1. The van der Waals surface area contributed by atoms with Gasteiger partial charge in [-0.15, -0.1) is 11.3 Å². The maximum Gasteiger partial charge on any atom is 0.335 e. The Morgan fingerprint density at radius 2 is 1.63 bits per heavy atom. The predicted molar refractivity (Wildman–Crippen MR) is 140 cm³/mol. The average Bonchev–Trinajstić information content (AvgIpc) is 3.34. The molecule has 2 aromatic rings. The van der Waals surface area contributed by atoms with Gasteiger partial charge in [-0.25, -0.2) is 4.79 Å². The zero-order chi connectivity index (χ0) is 25.9. The fourth-order valence-electron chi connectivity index (χ4n) is 5.59. The molecule has 0 spiro atoms. The van der Waals surface area contributed by atoms with E-state index < -0.39 is 52.9 Å². The summed E-state index contributed by atoms with van der Waals surface area (Å²) in [6.45, 7) is 17.2. The first-order valence-electron chi connectivity index (χ1n) is 12.4. The van der Waals surface area contributed by atoms with Crippen molar-refractivity contribution in [2.75, 3.05) is 6.61 Å². The van der Waals surface area contributed by atoms with Crippen LogP contribution in [-0.2, 0) is 17.7 Å². The third kappa shape index (κ3) is 4.25. The van der Waals surface area contributed by atoms with Crippen LogP contribution in [-0.4, -0.2) is 56.7 Å². The molecular weight excluding hydrogens is 504 g/mol. The Morgan fingerprint density at radius 1 is 1.03 bits per heavy atom. The van der Waals surface area contributed by atoms with Crippen molar-refractivity contribution in [1.82, 2.24) is 9.55 Å². The van der Waals surface area contributed by atoms with Crippen LogP contribution in [0.1, 0.15) is 61.6 Å². The molecule has 2 N–H and O–H groups in total. The lowest BCUT2D eigenvalue weighted by Crippen LogP contribution is -2.65. The zero-order valence-electron chi connectivity index (χ0n) is 21.7. The zero-order valence-corrected chi connectivity index (χ0v) is 24.5. The fraction of sp³-hybridized carbons (Fsp3) is 0.739. The molecule has 2 fully saturated rings. The van der Waals surface area contributed by atoms with Crippen LogP contribution in [0.2, 0.25) is 22.2 Å². The molecule has 0 bridgehead atoms. The SMILES string of the molecule is CC(C)[Si]1(C(C)C)OC[C@H]2O[C@@H](n3c(=O)[nH]c(=O)c4sccc43)C(O)C2O[Si](C(C)C)(C(C)C)O1. The van der Waals surface area contributed by atoms with Crippen LogP contribution in [0.5, 0.6) is 0 Å². The number of rotatable bonds is 5. The number of nitrogens with zero attached hydrogens (tertiary/aromatic N) is 1. The monoisotopic (exact) mass is 542 g/mol. The Hall–Kier alpha value is -1.13. The van der Waals surface area contributed by atoms with E-state index >= 15 is 0 Å². The number of aromatic nitrogens is 2. The molecule has 0 saturated carbocycles. The normalized spacial score (nSPS) is 28.7. The summed E-state index contributed by atoms with van der Waals surface area (Å²) in [5.74, 6) is 0. The van der Waals surface area contributed by atoms with Gasteiger partial charge in [0.05, 0.1) is 12.1 Å². The van der Waals surface area contributed by atoms with Gasteiger partial charge >= 0.3 is 22.8 Å². The second kappa shape index (κ2) is 9.64. The van der Waals surface area contributed by atoms with Crippen molar-refractivity contribution in [2.45, 2.75) is 102 Å². The van der Waals surface area contributed by atoms with Crippen molar-refractivity contribution in [3.05, 3.63) is 32.3 Å². The van der Waals surface area contributed by atoms with Gasteiger partial charge in [-0.2, -0.15) is 0 Å². The minimum Gasteiger partial charge on any atom is -0.414 e. The molecule has 2 saturated heterocycles. The summed E-state index contributed by atoms with van der Waals surface area (Å²) < 4.78 is 28.9. The summed E-state index contributed by atoms with van der Waals surface area (Å²) in [5, 5.41) is 13.3. The lowest BCUT2D eigenvalue weighted by Gasteiger charge is -2.51. The highest BCUT2D eigenvalue weighted by Crippen LogP contribution is 2.48. The van der Waals surface area contributed by atoms with E-state index in [1.807, 2.05) is 0 Å². The highest BCUT2D eigenvalue weighted by atomic mass is 32.1. The maximum absolute atomic E-state index is 12.9. The Balaban J connectivity index is 1.82. The summed E-state index contributed by atoms with van der Waals surface area (Å²) in [7, 11) is -5.70. The molecule has 0 radical (unpaired) electrons. The van der Waals surface area contributed by atoms with Crippen molar-refractivity contribution in [3.8, 4) is 0 Å². The van der Waals surface area contributed by atoms with E-state index in [9.17, 15) is 14.7 Å². The van der Waals surface area contributed by atoms with Gasteiger partial charge in [0.1, 0.15) is 23.0 Å². The summed E-state index contributed by atoms with van der Waals surface area (Å²) >= 11 is 1.24. The van der Waals surface area contributed by atoms with Crippen molar-refractivity contribution in [3.63, 3.8) is 0 Å². The Morgan fingerprint density at radius 3 is 2.20 bits per heavy atom. The topological polar surface area (TPSA) is 112 Å². The standard InChI is InChI=1S/C23H38N2O7SSi2/c1-12(2)34(13(3)4)29-11-17-19(31-35(32-34,14(5)6)15(7)8)18(26)22(30-17)25-16-9-10-33-20(16)21(27)24-23(25)28/h9-10,12-15,17-19,22,26H,11H2,1-8H3,(H,24,27,28)/t17-,18?,19?,22-/m1/s1. The van der Waals surface area contributed by atoms with Crippen LogP contribution in [0.25, 0.3) is 10.2 Å². The van der Waals surface area contributed by atoms with Gasteiger partial charge in [0, 0.05) is 0 Å². The highest BCUT2D eigenvalue weighted by Gasteiger charge is 2.61. The minimum atomic E-state index is -2.95. The molecule has 35 heavy (non-hydrogen) atoms. The summed E-state index contributed by atoms with van der Waals surface area (Å²) in [5.41, 5.74) is -0.0785. The van der Waals surface area contributed by atoms with Crippen LogP contribution in [0.4, 0.5) is 0 Å². The first kappa shape index (κ1) is 26.9. The average molecular weight is 543 g/mol. The number of hydrogen-bond acceptors (Lipinski definition) is 8. The second-order valence-corrected chi connectivity index (χ2v) is 20.6. The molecule has 2 aliphatic heterocycles. The van der Waals surface area contributed by atoms with E-state index in [-0.39, 0.29) is 28.8 Å². The number of nitrogens with one attached hydrogen (secondary N) is 1. The van der Waals surface area contributed by atoms with Crippen molar-refractivity contribution < 1.29 is 22.8 Å². The molecule has 196 valence electrons. The van der Waals surface area contributed by atoms with Gasteiger partial charge in [0.25, 0.3) is 5.56 Å². The molecule has 2 aromatic heterocycles. The van der Waals surface area contributed by atoms with E-state index in [0.29, 0.717) is 10.2 Å². The van der Waals surface area contributed by atoms with Gasteiger partial charge in [0.15, 0.2) is 6.23 Å². The largest absolute Gasteiger partial charge is 0.414 e. The van der Waals surface area contributed by atoms with Crippen LogP contribution < -0.4 is 11.2 Å². The maximum atomic E-state index is 12.9. The predicted octanol–water partition coefficient (Wildman–Crippen LogP) is 3.97. The third-order valence-corrected chi connectivity index (χ3v) is 18.6. The summed E-state index contributed by atoms with van der Waals surface area (Å²) in [6.07, 6.45) is -3.47. The molecule has 0 amide bonds. The van der Waals surface area contributed by atoms with E-state index in [1.54, 1.807) is 11.4 Å². The Kier molecular flexibility index (Phi) is 7.41. The second-order valence-electron chi connectivity index (χ2n) is 10.9. The number of H-pyrrole nitrogens is 1. The molecule has 12 heteroatoms. The van der Waals surface area contributed by atoms with E-state index in [2.05, 4.69) is 60.4 Å². The minimum absolute atomic E-state index is 0.0971. The van der Waals surface area contributed by atoms with Gasteiger partial charge in [-0.05, 0) is 33.6 Å². The lowest BCUT2D eigenvalue weighted by molar-refractivity contribution is -0.0583. The molecule has 4 heterocycles. The van der Waals surface area contributed by atoms with E-state index in [1.165, 1.54) is 15.9 Å². The van der Waals surface area contributed by atoms with E-state index in [0.717, 1.165) is 0 Å². The van der Waals surface area contributed by atoms with Gasteiger partial charge < -0.3 is 22.8 Å². The number of fused-ring (bicyclic) bond motifs is 2. The lowest BCUT2D eigenvalue weighted by atomic mass is 10.1. The molecule has 4 rings (SSSR count). The Labute approximate surface area is 211 Å². The number of aromatic amines is 1. The number of thiophene rings is 1. The summed E-state index contributed by atoms with van der Waals surface area (Å²) in [4.78, 5) is 27.5. The first-order valence-corrected chi connectivity index (χ1v) is 17.2. The first-order chi connectivity index (χ1) is 16.4. The van der Waals surface area contributed by atoms with Crippen molar-refractivity contribution in [2.24, 2.45) is 0 Å². The van der Waals surface area contributed by atoms with Crippen LogP contribution in [0, 0.1) is 0 Å². The van der Waals surface area contributed by atoms with Gasteiger partial charge in [-0.1, -0.05) is 55.4 Å². The van der Waals surface area contributed by atoms with E-state index in [4.69, 9.17) is 17.7 Å². The van der Waals surface area contributed by atoms with Gasteiger partial charge in [0.2, 0.25) is 0 Å². The van der Waals surface area contributed by atoms with Crippen molar-refractivity contribution >= 4 is 38.7 Å². The Bertz CT molecular complexity index is 1160. The summed E-state index contributed by atoms with van der Waals surface area (Å²) in [6, 6.07) is 1.70. The fourth-order valence-corrected chi connectivity index (χ4v) is 17.6. The molecule has 0 aromatic carbocycles. The van der Waals surface area contributed by atoms with Crippen molar-refractivity contribution in [1.29, 1.82) is 0 Å². The van der Waals surface area contributed by atoms with Gasteiger partial charge in [-0.3, -0.25) is 14.3 Å². The number of aliphatic hydroxyl groups is 1. The molecule has 2 aliphatic rings. The smallest absolute Gasteiger partial charge is 0.335 e. The number of ether oxygens (including phenoxy) is 1. The molecule has 4 atom stereocenters. The van der Waals surface area contributed by atoms with Crippen LogP contribution >= 0.6 is 11.3 Å². The third-order valence-electron chi connectivity index (χ3n) is 7.44. The molecule has 0 aliphatic carbocycles. The van der Waals surface area contributed by atoms with Crippen LogP contribution in [0.3, 0.4) is 0 Å². The quantitative estimate of drug-likeness (QED) is 0.550. The molecule has 9 nitrogen and oxygen atoms in total. The molecule has 2 unspecified atom stereocenters. The molecular formula is C23H38N2O7SSi2. The highest BCUT2D eigenvalue weighted by molar-refractivity contribution is 7.17. The number of hydrogen-bond donors (Lipinski definition) is 2.